The number of ether oxygens (including phenoxy) is 1. The third kappa shape index (κ3) is 10.3. The summed E-state index contributed by atoms with van der Waals surface area (Å²) in [7, 11) is 1.03. The number of para-hydroxylation sites is 1. The molecule has 340 valence electrons. The number of benzene rings is 3. The van der Waals surface area contributed by atoms with Crippen molar-refractivity contribution in [3.8, 4) is 5.75 Å². The average molecular weight is 911 g/mol. The molecule has 8 rings (SSSR count). The van der Waals surface area contributed by atoms with E-state index in [1.54, 1.807) is 36.2 Å². The molecule has 0 spiro atoms. The molecule has 0 radical (unpaired) electrons. The van der Waals surface area contributed by atoms with Gasteiger partial charge < -0.3 is 29.7 Å². The summed E-state index contributed by atoms with van der Waals surface area (Å²) in [5.74, 6) is 1.87. The second kappa shape index (κ2) is 19.9. The molecule has 3 fully saturated rings. The number of urea groups is 1. The minimum absolute atomic E-state index is 0.244. The van der Waals surface area contributed by atoms with Crippen molar-refractivity contribution in [1.29, 1.82) is 0 Å². The molecule has 3 aliphatic heterocycles. The second-order valence-corrected chi connectivity index (χ2v) is 21.1. The first-order valence-corrected chi connectivity index (χ1v) is 25.6. The van der Waals surface area contributed by atoms with E-state index < -0.39 is 13.2 Å². The molecular weight excluding hydrogens is 849 g/mol. The number of piperidine rings is 1. The summed E-state index contributed by atoms with van der Waals surface area (Å²) in [4.78, 5) is 42.8. The molecule has 0 atom stereocenters. The molecule has 5 heterocycles. The van der Waals surface area contributed by atoms with Crippen LogP contribution < -0.4 is 35.8 Å². The molecule has 5 aromatic rings. The van der Waals surface area contributed by atoms with Crippen molar-refractivity contribution in [3.63, 3.8) is 0 Å². The molecule has 0 aliphatic carbocycles. The minimum atomic E-state index is -2.55. The molecule has 0 saturated carbocycles. The molecule has 3 N–H and O–H groups in total. The Hall–Kier alpha value is -5.21. The summed E-state index contributed by atoms with van der Waals surface area (Å²) in [5, 5.41) is 15.7. The minimum Gasteiger partial charge on any atom is -0.494 e. The summed E-state index contributed by atoms with van der Waals surface area (Å²) in [5.41, 5.74) is 6.13. The highest BCUT2D eigenvalue weighted by molar-refractivity contribution is 7.70. The molecule has 0 unspecified atom stereocenters. The fourth-order valence-electron chi connectivity index (χ4n) is 9.35. The number of methoxy groups -OCH3 is 1. The molecule has 2 aromatic heterocycles. The summed E-state index contributed by atoms with van der Waals surface area (Å²) < 4.78 is 20.7. The van der Waals surface area contributed by atoms with Gasteiger partial charge in [0, 0.05) is 87.8 Å². The largest absolute Gasteiger partial charge is 0.494 e. The van der Waals surface area contributed by atoms with Crippen molar-refractivity contribution < 1.29 is 18.9 Å². The van der Waals surface area contributed by atoms with Crippen molar-refractivity contribution in [2.45, 2.75) is 64.3 Å². The van der Waals surface area contributed by atoms with Crippen LogP contribution in [0.25, 0.3) is 10.9 Å². The maximum Gasteiger partial charge on any atom is 0.329 e. The Labute approximate surface area is 381 Å². The van der Waals surface area contributed by atoms with E-state index in [1.807, 2.05) is 31.3 Å². The molecule has 3 saturated heterocycles. The van der Waals surface area contributed by atoms with Crippen LogP contribution in [0.4, 0.5) is 39.4 Å². The maximum absolute atomic E-state index is 13.0. The van der Waals surface area contributed by atoms with Gasteiger partial charge >= 0.3 is 6.03 Å². The molecule has 3 amide bonds. The highest BCUT2D eigenvalue weighted by Gasteiger charge is 2.30. The Bertz CT molecular complexity index is 2530. The molecular formula is C47H61ClN11O4P. The molecule has 64 heavy (non-hydrogen) atoms. The average Bonchev–Trinajstić information content (AvgIpc) is 3.61. The van der Waals surface area contributed by atoms with Gasteiger partial charge in [0.05, 0.1) is 30.2 Å². The van der Waals surface area contributed by atoms with Crippen LogP contribution in [0.1, 0.15) is 56.6 Å². The number of carbonyl (C=O) groups excluding carboxylic acids is 2. The Kier molecular flexibility index (Phi) is 14.1. The number of anilines is 6. The van der Waals surface area contributed by atoms with Crippen LogP contribution in [0.5, 0.6) is 5.75 Å². The highest BCUT2D eigenvalue weighted by atomic mass is 35.5. The van der Waals surface area contributed by atoms with E-state index in [-0.39, 0.29) is 12.3 Å². The molecule has 17 heteroatoms. The van der Waals surface area contributed by atoms with Crippen molar-refractivity contribution in [3.05, 3.63) is 76.9 Å². The Morgan fingerprint density at radius 2 is 1.70 bits per heavy atom. The number of rotatable bonds is 16. The smallest absolute Gasteiger partial charge is 0.329 e. The summed E-state index contributed by atoms with van der Waals surface area (Å²) >= 11 is 6.54. The van der Waals surface area contributed by atoms with Crippen LogP contribution in [0.3, 0.4) is 0 Å². The van der Waals surface area contributed by atoms with E-state index in [1.165, 1.54) is 29.7 Å². The predicted molar refractivity (Wildman–Crippen MR) is 259 cm³/mol. The topological polar surface area (TPSA) is 153 Å². The molecule has 3 aromatic carbocycles. The van der Waals surface area contributed by atoms with Crippen LogP contribution in [0, 0.1) is 0 Å². The Balaban J connectivity index is 0.796. The standard InChI is InChI=1S/C47H61ClN11O4P/c1-6-33-29-38(51-46-49-31-36(48)44(53-46)50-37-13-9-10-14-42(37)64(4,5)62)41(63-3)30-40(33)58-21-17-34(18-22-58)57-26-24-56(25-27-57)20-11-7-8-12-32-15-16-39-35(28-32)45(54-55(39)2)59-23-19-43(60)52-47(59)61/h9-10,13-16,28-31,34H,6-8,11-12,17-27H2,1-5H3,(H,52,60,61)(H2,49,50,51,53). The fraction of sp³-hybridized carbons (Fsp3) is 0.468. The van der Waals surface area contributed by atoms with Gasteiger partial charge in [0.2, 0.25) is 11.9 Å². The third-order valence-corrected chi connectivity index (χ3v) is 14.7. The van der Waals surface area contributed by atoms with Crippen LogP contribution in [-0.2, 0) is 29.2 Å². The number of hydrogen-bond donors (Lipinski definition) is 3. The number of hydrogen-bond acceptors (Lipinski definition) is 12. The molecule has 3 aliphatic rings. The van der Waals surface area contributed by atoms with E-state index >= 15 is 0 Å². The summed E-state index contributed by atoms with van der Waals surface area (Å²) in [6.45, 7) is 13.6. The lowest BCUT2D eigenvalue weighted by atomic mass is 9.99. The number of aromatic nitrogens is 4. The van der Waals surface area contributed by atoms with Gasteiger partial charge in [-0.15, -0.1) is 0 Å². The lowest BCUT2D eigenvalue weighted by Crippen LogP contribution is -2.53. The number of fused-ring (bicyclic) bond motifs is 1. The zero-order chi connectivity index (χ0) is 45.0. The van der Waals surface area contributed by atoms with E-state index in [9.17, 15) is 14.2 Å². The predicted octanol–water partition coefficient (Wildman–Crippen LogP) is 7.77. The zero-order valence-corrected chi connectivity index (χ0v) is 39.4. The van der Waals surface area contributed by atoms with E-state index in [2.05, 4.69) is 78.0 Å². The number of nitrogens with zero attached hydrogens (tertiary/aromatic N) is 8. The fourth-order valence-corrected chi connectivity index (χ4v) is 10.6. The Morgan fingerprint density at radius 3 is 2.44 bits per heavy atom. The number of piperazine rings is 1. The van der Waals surface area contributed by atoms with E-state index in [0.29, 0.717) is 46.6 Å². The zero-order valence-electron chi connectivity index (χ0n) is 37.7. The number of imide groups is 1. The van der Waals surface area contributed by atoms with Crippen LogP contribution >= 0.6 is 18.7 Å². The molecule has 15 nitrogen and oxygen atoms in total. The van der Waals surface area contributed by atoms with Gasteiger partial charge in [-0.1, -0.05) is 43.1 Å². The number of aryl methyl sites for hydroxylation is 3. The van der Waals surface area contributed by atoms with Crippen molar-refractivity contribution in [1.82, 2.24) is 34.9 Å². The van der Waals surface area contributed by atoms with E-state index in [4.69, 9.17) is 21.3 Å². The van der Waals surface area contributed by atoms with Crippen molar-refractivity contribution >= 4 is 81.5 Å². The maximum atomic E-state index is 13.0. The van der Waals surface area contributed by atoms with E-state index in [0.717, 1.165) is 99.8 Å². The highest BCUT2D eigenvalue weighted by Crippen LogP contribution is 2.40. The lowest BCUT2D eigenvalue weighted by Gasteiger charge is -2.43. The monoisotopic (exact) mass is 909 g/mol. The van der Waals surface area contributed by atoms with Crippen LogP contribution in [0.15, 0.2) is 60.8 Å². The number of unbranched alkanes of at least 4 members (excludes halogenated alkanes) is 2. The van der Waals surface area contributed by atoms with Gasteiger partial charge in [0.1, 0.15) is 17.9 Å². The van der Waals surface area contributed by atoms with Gasteiger partial charge in [0.15, 0.2) is 11.6 Å². The van der Waals surface area contributed by atoms with Crippen LogP contribution in [0.2, 0.25) is 5.02 Å². The summed E-state index contributed by atoms with van der Waals surface area (Å²) in [6, 6.07) is 18.4. The number of nitrogens with one attached hydrogen (secondary N) is 3. The van der Waals surface area contributed by atoms with Crippen LogP contribution in [-0.4, -0.2) is 120 Å². The SMILES string of the molecule is CCc1cc(Nc2ncc(Cl)c(Nc3ccccc3P(C)(C)=O)n2)c(OC)cc1N1CCC(N2CCN(CCCCCc3ccc4c(c3)c(N3CCC(=O)NC3=O)nn4C)CC2)CC1. The van der Waals surface area contributed by atoms with Gasteiger partial charge in [0.25, 0.3) is 0 Å². The molecule has 0 bridgehead atoms. The van der Waals surface area contributed by atoms with Gasteiger partial charge in [-0.3, -0.25) is 24.6 Å². The third-order valence-electron chi connectivity index (χ3n) is 12.9. The normalized spacial score (nSPS) is 17.0. The number of amides is 3. The first-order chi connectivity index (χ1) is 30.9. The van der Waals surface area contributed by atoms with Gasteiger partial charge in [-0.2, -0.15) is 10.1 Å². The first kappa shape index (κ1) is 45.4. The van der Waals surface area contributed by atoms with Crippen molar-refractivity contribution in [2.75, 3.05) is 93.2 Å². The number of carbonyl (C=O) groups is 2. The first-order valence-electron chi connectivity index (χ1n) is 22.6. The Morgan fingerprint density at radius 1 is 0.922 bits per heavy atom. The van der Waals surface area contributed by atoms with Gasteiger partial charge in [-0.25, -0.2) is 9.78 Å². The second-order valence-electron chi connectivity index (χ2n) is 17.5. The number of halogens is 1. The van der Waals surface area contributed by atoms with Crippen molar-refractivity contribution in [2.24, 2.45) is 7.05 Å². The van der Waals surface area contributed by atoms with Gasteiger partial charge in [-0.05, 0) is 99.9 Å². The quantitative estimate of drug-likeness (QED) is 0.0655. The lowest BCUT2D eigenvalue weighted by molar-refractivity contribution is -0.120. The summed E-state index contributed by atoms with van der Waals surface area (Å²) in [6.07, 6.45) is 9.40.